The van der Waals surface area contributed by atoms with Gasteiger partial charge >= 0.3 is 0 Å². The highest BCUT2D eigenvalue weighted by molar-refractivity contribution is 9.10. The molecule has 0 bridgehead atoms. The van der Waals surface area contributed by atoms with Gasteiger partial charge in [0.05, 0.1) is 10.2 Å². The first-order valence-corrected chi connectivity index (χ1v) is 11.0. The Morgan fingerprint density at radius 1 is 1.04 bits per heavy atom. The van der Waals surface area contributed by atoms with Crippen LogP contribution in [0.3, 0.4) is 0 Å². The van der Waals surface area contributed by atoms with E-state index in [0.717, 1.165) is 10.2 Å². The zero-order valence-corrected chi connectivity index (χ0v) is 16.7. The Morgan fingerprint density at radius 3 is 2.31 bits per heavy atom. The number of hydrogen-bond donors (Lipinski definition) is 0. The number of hydrogen-bond acceptors (Lipinski definition) is 3. The van der Waals surface area contributed by atoms with Crippen LogP contribution < -0.4 is 4.74 Å². The highest BCUT2D eigenvalue weighted by Gasteiger charge is 2.31. The van der Waals surface area contributed by atoms with Crippen LogP contribution in [0.1, 0.15) is 24.5 Å². The van der Waals surface area contributed by atoms with Crippen molar-refractivity contribution >= 4 is 26.0 Å². The van der Waals surface area contributed by atoms with Crippen molar-refractivity contribution in [2.24, 2.45) is 0 Å². The third kappa shape index (κ3) is 4.85. The minimum absolute atomic E-state index is 0.0303. The van der Waals surface area contributed by atoms with E-state index in [1.165, 1.54) is 4.31 Å². The van der Waals surface area contributed by atoms with Crippen LogP contribution in [-0.2, 0) is 15.1 Å². The average molecular weight is 439 g/mol. The molecule has 2 aromatic rings. The summed E-state index contributed by atoms with van der Waals surface area (Å²) in [4.78, 5) is 0. The maximum Gasteiger partial charge on any atom is 0.217 e. The summed E-state index contributed by atoms with van der Waals surface area (Å²) in [5.74, 6) is 0.352. The monoisotopic (exact) mass is 438 g/mol. The molecular formula is C19H21BrNO4S. The van der Waals surface area contributed by atoms with Gasteiger partial charge in [0.25, 0.3) is 0 Å². The molecule has 3 rings (SSSR count). The highest BCUT2D eigenvalue weighted by Crippen LogP contribution is 2.28. The molecule has 0 amide bonds. The van der Waals surface area contributed by atoms with Gasteiger partial charge < -0.3 is 4.74 Å². The van der Waals surface area contributed by atoms with Crippen molar-refractivity contribution in [3.8, 4) is 5.75 Å². The van der Waals surface area contributed by atoms with Crippen molar-refractivity contribution in [3.63, 3.8) is 0 Å². The smallest absolute Gasteiger partial charge is 0.217 e. The van der Waals surface area contributed by atoms with Crippen LogP contribution in [-0.4, -0.2) is 37.7 Å². The Bertz CT molecular complexity index is 820. The summed E-state index contributed by atoms with van der Waals surface area (Å²) in [6.07, 6.45) is -0.0852. The second-order valence-electron chi connectivity index (χ2n) is 6.32. The second kappa shape index (κ2) is 8.52. The molecule has 0 saturated carbocycles. The number of halogens is 1. The van der Waals surface area contributed by atoms with Gasteiger partial charge in [0.15, 0.2) is 0 Å². The molecular weight excluding hydrogens is 418 g/mol. The molecule has 1 atom stereocenters. The molecule has 1 fully saturated rings. The van der Waals surface area contributed by atoms with Gasteiger partial charge in [0.1, 0.15) is 18.0 Å². The van der Waals surface area contributed by atoms with E-state index in [1.54, 1.807) is 30.3 Å². The lowest BCUT2D eigenvalue weighted by Crippen LogP contribution is -2.43. The van der Waals surface area contributed by atoms with Crippen LogP contribution in [0.15, 0.2) is 59.1 Å². The molecule has 1 aliphatic heterocycles. The van der Waals surface area contributed by atoms with Crippen molar-refractivity contribution in [2.45, 2.75) is 25.0 Å². The van der Waals surface area contributed by atoms with Crippen molar-refractivity contribution in [1.29, 1.82) is 0 Å². The minimum atomic E-state index is -3.58. The fraction of sp³-hybridized carbons (Fsp3) is 0.368. The predicted octanol–water partition coefficient (Wildman–Crippen LogP) is 3.79. The van der Waals surface area contributed by atoms with E-state index in [0.29, 0.717) is 31.5 Å². The van der Waals surface area contributed by atoms with Gasteiger partial charge in [-0.3, -0.25) is 0 Å². The molecule has 7 heteroatoms. The zero-order chi connectivity index (χ0) is 18.6. The van der Waals surface area contributed by atoms with Gasteiger partial charge in [0, 0.05) is 13.1 Å². The van der Waals surface area contributed by atoms with Crippen molar-refractivity contribution in [2.75, 3.05) is 18.8 Å². The van der Waals surface area contributed by atoms with Gasteiger partial charge in [-0.1, -0.05) is 42.5 Å². The largest absolute Gasteiger partial charge is 0.489 e. The molecule has 0 unspecified atom stereocenters. The number of para-hydroxylation sites is 1. The fourth-order valence-electron chi connectivity index (χ4n) is 3.01. The zero-order valence-electron chi connectivity index (χ0n) is 14.3. The van der Waals surface area contributed by atoms with Crippen LogP contribution in [0.25, 0.3) is 0 Å². The molecule has 1 aliphatic rings. The summed E-state index contributed by atoms with van der Waals surface area (Å²) in [6, 6.07) is 16.3. The fourth-order valence-corrected chi connectivity index (χ4v) is 4.94. The van der Waals surface area contributed by atoms with E-state index >= 15 is 0 Å². The van der Waals surface area contributed by atoms with E-state index in [1.807, 2.05) is 24.3 Å². The Kier molecular flexibility index (Phi) is 6.34. The number of benzene rings is 2. The molecule has 5 nitrogen and oxygen atoms in total. The van der Waals surface area contributed by atoms with Crippen molar-refractivity contribution in [3.05, 3.63) is 64.6 Å². The summed E-state index contributed by atoms with van der Waals surface area (Å²) in [5.41, 5.74) is 0.503. The second-order valence-corrected chi connectivity index (χ2v) is 9.19. The summed E-state index contributed by atoms with van der Waals surface area (Å²) < 4.78 is 33.4. The Morgan fingerprint density at radius 2 is 1.65 bits per heavy atom. The maximum atomic E-state index is 12.6. The van der Waals surface area contributed by atoms with E-state index in [-0.39, 0.29) is 6.10 Å². The third-order valence-electron chi connectivity index (χ3n) is 4.46. The normalized spacial score (nSPS) is 17.8. The van der Waals surface area contributed by atoms with Gasteiger partial charge in [-0.15, -0.1) is 0 Å². The van der Waals surface area contributed by atoms with Crippen LogP contribution in [0, 0.1) is 0 Å². The van der Waals surface area contributed by atoms with E-state index in [4.69, 9.17) is 4.74 Å². The summed E-state index contributed by atoms with van der Waals surface area (Å²) in [6.45, 7) is 0.748. The minimum Gasteiger partial charge on any atom is -0.489 e. The van der Waals surface area contributed by atoms with Crippen molar-refractivity contribution < 1.29 is 18.3 Å². The average Bonchev–Trinajstić information content (AvgIpc) is 2.64. The summed E-state index contributed by atoms with van der Waals surface area (Å²) >= 11 is 3.45. The topological polar surface area (TPSA) is 66.5 Å². The lowest BCUT2D eigenvalue weighted by atomic mass is 10.1. The maximum absolute atomic E-state index is 12.6. The number of ether oxygens (including phenoxy) is 1. The summed E-state index contributed by atoms with van der Waals surface area (Å²) in [5, 5.41) is 12.3. The predicted molar refractivity (Wildman–Crippen MR) is 103 cm³/mol. The third-order valence-corrected chi connectivity index (χ3v) is 6.99. The van der Waals surface area contributed by atoms with Crippen LogP contribution in [0.4, 0.5) is 0 Å². The number of piperidine rings is 1. The lowest BCUT2D eigenvalue weighted by molar-refractivity contribution is 0.105. The van der Waals surface area contributed by atoms with Gasteiger partial charge in [0.2, 0.25) is 10.0 Å². The molecule has 26 heavy (non-hydrogen) atoms. The number of rotatable bonds is 6. The molecule has 1 saturated heterocycles. The van der Waals surface area contributed by atoms with Gasteiger partial charge in [-0.2, -0.15) is 0 Å². The quantitative estimate of drug-likeness (QED) is 0.688. The van der Waals surface area contributed by atoms with Crippen molar-refractivity contribution in [1.82, 2.24) is 4.31 Å². The molecule has 0 spiro atoms. The van der Waals surface area contributed by atoms with Crippen LogP contribution in [0.5, 0.6) is 5.75 Å². The Balaban J connectivity index is 1.56. The molecule has 0 N–H and O–H groups in total. The van der Waals surface area contributed by atoms with Gasteiger partial charge in [-0.25, -0.2) is 17.8 Å². The number of nitrogens with zero attached hydrogens (tertiary/aromatic N) is 1. The van der Waals surface area contributed by atoms with Gasteiger partial charge in [-0.05, 0) is 46.5 Å². The first-order chi connectivity index (χ1) is 12.5. The molecule has 139 valence electrons. The highest BCUT2D eigenvalue weighted by atomic mass is 79.9. The first-order valence-electron chi connectivity index (χ1n) is 8.55. The van der Waals surface area contributed by atoms with E-state index < -0.39 is 21.9 Å². The molecule has 1 radical (unpaired) electrons. The van der Waals surface area contributed by atoms with Crippen LogP contribution in [0.2, 0.25) is 0 Å². The van der Waals surface area contributed by atoms with E-state index in [9.17, 15) is 13.5 Å². The van der Waals surface area contributed by atoms with E-state index in [2.05, 4.69) is 15.9 Å². The lowest BCUT2D eigenvalue weighted by Gasteiger charge is -2.32. The Labute approximate surface area is 162 Å². The van der Waals surface area contributed by atoms with Crippen LogP contribution >= 0.6 is 15.9 Å². The SMILES string of the molecule is [O][C@@H](CS(=O)(=O)N1CCC(Oc2ccccc2Br)CC1)c1ccccc1. The Hall–Kier alpha value is -1.41. The molecule has 2 aromatic carbocycles. The summed E-state index contributed by atoms with van der Waals surface area (Å²) in [7, 11) is -3.58. The molecule has 0 aromatic heterocycles. The standard InChI is InChI=1S/C19H21BrNO4S/c20-17-8-4-5-9-19(17)25-16-10-12-21(13-11-16)26(23,24)14-18(22)15-6-2-1-3-7-15/h1-9,16,18H,10-14H2/t18-/m0/s1. The molecule has 0 aliphatic carbocycles. The number of sulfonamides is 1. The molecule has 1 heterocycles. The first kappa shape index (κ1) is 19.4.